The maximum absolute atomic E-state index is 11.4. The Morgan fingerprint density at radius 1 is 1.10 bits per heavy atom. The van der Waals surface area contributed by atoms with E-state index in [1.54, 1.807) is 0 Å². The zero-order valence-electron chi connectivity index (χ0n) is 18.3. The predicted octanol–water partition coefficient (Wildman–Crippen LogP) is 7.05. The molecule has 158 valence electrons. The van der Waals surface area contributed by atoms with Crippen LogP contribution in [0.5, 0.6) is 0 Å². The van der Waals surface area contributed by atoms with Crippen LogP contribution in [0.3, 0.4) is 0 Å². The van der Waals surface area contributed by atoms with Crippen molar-refractivity contribution in [2.45, 2.75) is 70.6 Å². The minimum Gasteiger partial charge on any atom is -0.478 e. The Bertz CT molecular complexity index is 933. The van der Waals surface area contributed by atoms with E-state index in [2.05, 4.69) is 50.2 Å². The first kappa shape index (κ1) is 19.8. The highest BCUT2D eigenvalue weighted by atomic mass is 16.4. The molecule has 0 heterocycles. The smallest absolute Gasteiger partial charge is 0.335 e. The van der Waals surface area contributed by atoms with Gasteiger partial charge in [-0.15, -0.1) is 0 Å². The summed E-state index contributed by atoms with van der Waals surface area (Å²) in [6.07, 6.45) is 8.96. The number of hydrogen-bond donors (Lipinski definition) is 1. The van der Waals surface area contributed by atoms with Crippen molar-refractivity contribution in [3.05, 3.63) is 70.8 Å². The van der Waals surface area contributed by atoms with Crippen molar-refractivity contribution in [2.24, 2.45) is 23.2 Å². The predicted molar refractivity (Wildman–Crippen MR) is 121 cm³/mol. The van der Waals surface area contributed by atoms with E-state index in [0.29, 0.717) is 22.8 Å². The number of carboxylic acid groups (broad SMARTS) is 1. The molecule has 0 spiro atoms. The van der Waals surface area contributed by atoms with Crippen LogP contribution in [0, 0.1) is 23.2 Å². The Balaban J connectivity index is 1.36. The Hall–Kier alpha value is -2.09. The molecule has 2 fully saturated rings. The van der Waals surface area contributed by atoms with Gasteiger partial charge in [-0.05, 0) is 109 Å². The zero-order valence-corrected chi connectivity index (χ0v) is 18.3. The fraction of sp³-hybridized carbons (Fsp3) is 0.536. The zero-order chi connectivity index (χ0) is 20.9. The van der Waals surface area contributed by atoms with Crippen molar-refractivity contribution >= 4 is 5.97 Å². The normalized spacial score (nSPS) is 33.3. The van der Waals surface area contributed by atoms with Crippen LogP contribution in [-0.4, -0.2) is 11.1 Å². The van der Waals surface area contributed by atoms with E-state index in [9.17, 15) is 9.90 Å². The second kappa shape index (κ2) is 7.55. The van der Waals surface area contributed by atoms with Gasteiger partial charge in [0.2, 0.25) is 0 Å². The lowest BCUT2D eigenvalue weighted by molar-refractivity contribution is 0.0242. The number of aryl methyl sites for hydroxylation is 1. The van der Waals surface area contributed by atoms with Crippen molar-refractivity contribution in [3.63, 3.8) is 0 Å². The molecular formula is C28H34O2. The van der Waals surface area contributed by atoms with Crippen LogP contribution in [-0.2, 0) is 6.42 Å². The first-order valence-electron chi connectivity index (χ1n) is 11.9. The molecule has 0 amide bonds. The molecule has 3 aliphatic rings. The van der Waals surface area contributed by atoms with E-state index >= 15 is 0 Å². The summed E-state index contributed by atoms with van der Waals surface area (Å²) in [5, 5.41) is 9.36. The lowest BCUT2D eigenvalue weighted by atomic mass is 9.53. The van der Waals surface area contributed by atoms with Gasteiger partial charge in [0.05, 0.1) is 5.56 Å². The molecule has 0 radical (unpaired) electrons. The SMILES string of the molecule is C[C@H](CC1CCC2C3CCc4cc(C(=O)O)ccc4C3CCC12C)c1ccccc1. The Kier molecular flexibility index (Phi) is 5.00. The molecule has 0 bridgehead atoms. The highest BCUT2D eigenvalue weighted by molar-refractivity contribution is 5.88. The molecule has 5 rings (SSSR count). The third-order valence-electron chi connectivity index (χ3n) is 9.18. The molecule has 5 unspecified atom stereocenters. The summed E-state index contributed by atoms with van der Waals surface area (Å²) in [6, 6.07) is 17.0. The molecule has 2 nitrogen and oxygen atoms in total. The topological polar surface area (TPSA) is 37.3 Å². The first-order valence-corrected chi connectivity index (χ1v) is 11.9. The molecule has 0 aliphatic heterocycles. The number of rotatable bonds is 4. The summed E-state index contributed by atoms with van der Waals surface area (Å²) in [6.45, 7) is 5.01. The van der Waals surface area contributed by atoms with Crippen LogP contribution in [0.25, 0.3) is 0 Å². The van der Waals surface area contributed by atoms with Gasteiger partial charge in [-0.1, -0.05) is 50.2 Å². The minimum atomic E-state index is -0.803. The lowest BCUT2D eigenvalue weighted by Crippen LogP contribution is -2.42. The van der Waals surface area contributed by atoms with Gasteiger partial charge in [0.1, 0.15) is 0 Å². The molecule has 2 aromatic rings. The third-order valence-corrected chi connectivity index (χ3v) is 9.18. The summed E-state index contributed by atoms with van der Waals surface area (Å²) in [4.78, 5) is 11.4. The third kappa shape index (κ3) is 3.20. The molecule has 0 aromatic heterocycles. The highest BCUT2D eigenvalue weighted by Crippen LogP contribution is 2.64. The number of carboxylic acids is 1. The average molecular weight is 403 g/mol. The second-order valence-corrected chi connectivity index (χ2v) is 10.5. The van der Waals surface area contributed by atoms with Crippen molar-refractivity contribution in [3.8, 4) is 0 Å². The Labute approximate surface area is 180 Å². The van der Waals surface area contributed by atoms with Crippen LogP contribution < -0.4 is 0 Å². The molecule has 2 saturated carbocycles. The van der Waals surface area contributed by atoms with Gasteiger partial charge in [0.25, 0.3) is 0 Å². The first-order chi connectivity index (χ1) is 14.5. The molecule has 0 saturated heterocycles. The van der Waals surface area contributed by atoms with Crippen LogP contribution >= 0.6 is 0 Å². The largest absolute Gasteiger partial charge is 0.478 e. The number of carbonyl (C=O) groups is 1. The van der Waals surface area contributed by atoms with E-state index in [-0.39, 0.29) is 0 Å². The van der Waals surface area contributed by atoms with E-state index in [1.807, 2.05) is 12.1 Å². The highest BCUT2D eigenvalue weighted by Gasteiger charge is 2.54. The van der Waals surface area contributed by atoms with Crippen LogP contribution in [0.15, 0.2) is 48.5 Å². The van der Waals surface area contributed by atoms with Crippen LogP contribution in [0.4, 0.5) is 0 Å². The van der Waals surface area contributed by atoms with Gasteiger partial charge < -0.3 is 5.11 Å². The number of benzene rings is 2. The second-order valence-electron chi connectivity index (χ2n) is 10.5. The monoisotopic (exact) mass is 402 g/mol. The maximum Gasteiger partial charge on any atom is 0.335 e. The van der Waals surface area contributed by atoms with Gasteiger partial charge in [-0.2, -0.15) is 0 Å². The van der Waals surface area contributed by atoms with Crippen molar-refractivity contribution in [2.75, 3.05) is 0 Å². The summed E-state index contributed by atoms with van der Waals surface area (Å²) in [5.74, 6) is 2.91. The maximum atomic E-state index is 11.4. The van der Waals surface area contributed by atoms with E-state index in [1.165, 1.54) is 55.2 Å². The molecule has 6 atom stereocenters. The fourth-order valence-electron chi connectivity index (χ4n) is 7.56. The molecule has 3 aliphatic carbocycles. The number of aromatic carboxylic acids is 1. The van der Waals surface area contributed by atoms with Gasteiger partial charge in [0.15, 0.2) is 0 Å². The Morgan fingerprint density at radius 2 is 1.90 bits per heavy atom. The summed E-state index contributed by atoms with van der Waals surface area (Å²) >= 11 is 0. The summed E-state index contributed by atoms with van der Waals surface area (Å²) in [7, 11) is 0. The van der Waals surface area contributed by atoms with Crippen molar-refractivity contribution < 1.29 is 9.90 Å². The lowest BCUT2D eigenvalue weighted by Gasteiger charge is -2.51. The van der Waals surface area contributed by atoms with Crippen LogP contribution in [0.1, 0.15) is 91.3 Å². The molecule has 30 heavy (non-hydrogen) atoms. The van der Waals surface area contributed by atoms with E-state index in [4.69, 9.17) is 0 Å². The fourth-order valence-corrected chi connectivity index (χ4v) is 7.56. The van der Waals surface area contributed by atoms with Crippen LogP contribution in [0.2, 0.25) is 0 Å². The summed E-state index contributed by atoms with van der Waals surface area (Å²) in [5.41, 5.74) is 5.16. The van der Waals surface area contributed by atoms with Gasteiger partial charge in [-0.3, -0.25) is 0 Å². The summed E-state index contributed by atoms with van der Waals surface area (Å²) < 4.78 is 0. The molecule has 2 heteroatoms. The van der Waals surface area contributed by atoms with Crippen molar-refractivity contribution in [1.29, 1.82) is 0 Å². The van der Waals surface area contributed by atoms with Gasteiger partial charge in [-0.25, -0.2) is 4.79 Å². The average Bonchev–Trinajstić information content (AvgIpc) is 3.09. The number of fused-ring (bicyclic) bond motifs is 5. The number of hydrogen-bond acceptors (Lipinski definition) is 1. The van der Waals surface area contributed by atoms with E-state index < -0.39 is 5.97 Å². The minimum absolute atomic E-state index is 0.448. The Morgan fingerprint density at radius 3 is 2.67 bits per heavy atom. The van der Waals surface area contributed by atoms with Gasteiger partial charge in [0, 0.05) is 0 Å². The standard InChI is InChI=1S/C28H34O2/c1-18(19-6-4-3-5-7-19)16-22-10-13-26-25-12-8-20-17-21(27(29)30)9-11-23(20)24(25)14-15-28(22,26)2/h3-7,9,11,17-18,22,24-26H,8,10,12-16H2,1-2H3,(H,29,30)/t18-,22?,24?,25?,26?,28?/m1/s1. The molecule has 1 N–H and O–H groups in total. The molecular weight excluding hydrogens is 368 g/mol. The van der Waals surface area contributed by atoms with Gasteiger partial charge >= 0.3 is 5.97 Å². The van der Waals surface area contributed by atoms with Crippen molar-refractivity contribution in [1.82, 2.24) is 0 Å². The quantitative estimate of drug-likeness (QED) is 0.595. The van der Waals surface area contributed by atoms with E-state index in [0.717, 1.165) is 24.2 Å². The molecule has 2 aromatic carbocycles.